The van der Waals surface area contributed by atoms with Gasteiger partial charge in [-0.25, -0.2) is 13.4 Å². The highest BCUT2D eigenvalue weighted by Gasteiger charge is 2.15. The van der Waals surface area contributed by atoms with E-state index in [2.05, 4.69) is 15.0 Å². The Labute approximate surface area is 116 Å². The van der Waals surface area contributed by atoms with Gasteiger partial charge in [0.05, 0.1) is 4.90 Å². The van der Waals surface area contributed by atoms with Crippen LogP contribution in [0.2, 0.25) is 0 Å². The van der Waals surface area contributed by atoms with Gasteiger partial charge in [-0.3, -0.25) is 4.72 Å². The van der Waals surface area contributed by atoms with E-state index in [0.29, 0.717) is 5.13 Å². The predicted molar refractivity (Wildman–Crippen MR) is 78.3 cm³/mol. The fourth-order valence-electron chi connectivity index (χ4n) is 1.53. The highest BCUT2D eigenvalue weighted by molar-refractivity contribution is 7.93. The number of rotatable bonds is 5. The highest BCUT2D eigenvalue weighted by atomic mass is 32.2. The Hall–Kier alpha value is -1.60. The summed E-state index contributed by atoms with van der Waals surface area (Å²) in [6.07, 6.45) is 1.64. The van der Waals surface area contributed by atoms with Crippen molar-refractivity contribution < 1.29 is 8.42 Å². The first-order chi connectivity index (χ1) is 9.01. The molecule has 0 aliphatic carbocycles. The van der Waals surface area contributed by atoms with Crippen LogP contribution in [0.3, 0.4) is 0 Å². The number of nitrogens with zero attached hydrogens (tertiary/aromatic N) is 1. The fourth-order valence-corrected chi connectivity index (χ4v) is 3.44. The van der Waals surface area contributed by atoms with Crippen LogP contribution < -0.4 is 10.0 Å². The van der Waals surface area contributed by atoms with Gasteiger partial charge >= 0.3 is 0 Å². The minimum absolute atomic E-state index is 0.224. The van der Waals surface area contributed by atoms with Crippen LogP contribution in [-0.2, 0) is 10.0 Å². The third-order valence-electron chi connectivity index (χ3n) is 2.39. The number of thiazole rings is 1. The molecule has 0 saturated heterocycles. The molecule has 0 aliphatic heterocycles. The normalized spacial score (nSPS) is 11.3. The summed E-state index contributed by atoms with van der Waals surface area (Å²) in [5.41, 5.74) is 0.895. The Morgan fingerprint density at radius 1 is 1.26 bits per heavy atom. The molecule has 5 nitrogen and oxygen atoms in total. The number of hydrogen-bond donors (Lipinski definition) is 2. The van der Waals surface area contributed by atoms with E-state index in [1.807, 2.05) is 13.8 Å². The third-order valence-corrected chi connectivity index (χ3v) is 4.70. The molecule has 1 aromatic carbocycles. The lowest BCUT2D eigenvalue weighted by Gasteiger charge is -2.07. The van der Waals surface area contributed by atoms with Gasteiger partial charge in [0.1, 0.15) is 0 Å². The van der Waals surface area contributed by atoms with Crippen LogP contribution in [0.4, 0.5) is 10.8 Å². The Kier molecular flexibility index (Phi) is 4.06. The molecule has 0 unspecified atom stereocenters. The van der Waals surface area contributed by atoms with Gasteiger partial charge in [0.2, 0.25) is 0 Å². The van der Waals surface area contributed by atoms with Crippen molar-refractivity contribution in [2.24, 2.45) is 0 Å². The van der Waals surface area contributed by atoms with Crippen LogP contribution in [0, 0.1) is 6.92 Å². The van der Waals surface area contributed by atoms with Crippen molar-refractivity contribution >= 4 is 32.2 Å². The predicted octanol–water partition coefficient (Wildman–Crippen LogP) is 2.68. The van der Waals surface area contributed by atoms with Crippen LogP contribution in [0.25, 0.3) is 0 Å². The van der Waals surface area contributed by atoms with Gasteiger partial charge in [-0.1, -0.05) is 0 Å². The zero-order valence-corrected chi connectivity index (χ0v) is 12.3. The summed E-state index contributed by atoms with van der Waals surface area (Å²) >= 11 is 1.31. The largest absolute Gasteiger partial charge is 0.385 e. The summed E-state index contributed by atoms with van der Waals surface area (Å²) in [5.74, 6) is 0. The molecule has 0 amide bonds. The number of hydrogen-bond acceptors (Lipinski definition) is 5. The second-order valence-electron chi connectivity index (χ2n) is 3.94. The number of aryl methyl sites for hydroxylation is 1. The maximum atomic E-state index is 12.1. The van der Waals surface area contributed by atoms with Crippen LogP contribution in [0.15, 0.2) is 35.4 Å². The molecule has 1 heterocycles. The van der Waals surface area contributed by atoms with E-state index >= 15 is 0 Å². The smallest absolute Gasteiger partial charge is 0.263 e. The second-order valence-corrected chi connectivity index (χ2v) is 6.85. The number of nitrogens with one attached hydrogen (secondary N) is 2. The maximum absolute atomic E-state index is 12.1. The van der Waals surface area contributed by atoms with E-state index in [4.69, 9.17) is 0 Å². The van der Waals surface area contributed by atoms with Crippen molar-refractivity contribution in [1.82, 2.24) is 4.98 Å². The van der Waals surface area contributed by atoms with E-state index in [1.54, 1.807) is 30.5 Å². The quantitative estimate of drug-likeness (QED) is 0.890. The summed E-state index contributed by atoms with van der Waals surface area (Å²) < 4.78 is 26.7. The molecule has 0 saturated carbocycles. The van der Waals surface area contributed by atoms with E-state index in [1.165, 1.54) is 11.3 Å². The van der Waals surface area contributed by atoms with Gasteiger partial charge < -0.3 is 5.32 Å². The van der Waals surface area contributed by atoms with E-state index in [0.717, 1.165) is 17.1 Å². The molecule has 0 bridgehead atoms. The second kappa shape index (κ2) is 5.58. The summed E-state index contributed by atoms with van der Waals surface area (Å²) in [5, 5.41) is 3.50. The molecule has 19 heavy (non-hydrogen) atoms. The molecule has 102 valence electrons. The number of anilines is 2. The Bertz CT molecular complexity index is 648. The average Bonchev–Trinajstić information content (AvgIpc) is 2.75. The first-order valence-electron chi connectivity index (χ1n) is 5.80. The van der Waals surface area contributed by atoms with Crippen LogP contribution in [-0.4, -0.2) is 19.9 Å². The summed E-state index contributed by atoms with van der Waals surface area (Å²) in [6, 6.07) is 6.62. The lowest BCUT2D eigenvalue weighted by molar-refractivity contribution is 0.601. The topological polar surface area (TPSA) is 71.1 Å². The Morgan fingerprint density at radius 2 is 1.95 bits per heavy atom. The molecule has 1 aromatic heterocycles. The standard InChI is InChI=1S/C12H15N3O2S2/c1-3-13-10-4-6-11(7-5-10)19(16,17)15-12-14-8-9(2)18-12/h4-8,13H,3H2,1-2H3,(H,14,15). The number of benzene rings is 1. The molecular weight excluding hydrogens is 282 g/mol. The summed E-state index contributed by atoms with van der Waals surface area (Å²) in [6.45, 7) is 4.65. The molecule has 0 radical (unpaired) electrons. The van der Waals surface area contributed by atoms with Gasteiger partial charge in [0.15, 0.2) is 5.13 Å². The summed E-state index contributed by atoms with van der Waals surface area (Å²) in [7, 11) is -3.56. The minimum Gasteiger partial charge on any atom is -0.385 e. The molecular formula is C12H15N3O2S2. The van der Waals surface area contributed by atoms with Gasteiger partial charge in [-0.2, -0.15) is 0 Å². The SMILES string of the molecule is CCNc1ccc(S(=O)(=O)Nc2ncc(C)s2)cc1. The minimum atomic E-state index is -3.56. The lowest BCUT2D eigenvalue weighted by Crippen LogP contribution is -2.12. The van der Waals surface area contributed by atoms with Crippen molar-refractivity contribution in [1.29, 1.82) is 0 Å². The monoisotopic (exact) mass is 297 g/mol. The van der Waals surface area contributed by atoms with Gasteiger partial charge in [-0.05, 0) is 38.1 Å². The van der Waals surface area contributed by atoms with E-state index in [-0.39, 0.29) is 4.90 Å². The third kappa shape index (κ3) is 3.45. The first kappa shape index (κ1) is 13.8. The maximum Gasteiger partial charge on any atom is 0.263 e. The zero-order chi connectivity index (χ0) is 13.9. The van der Waals surface area contributed by atoms with Crippen molar-refractivity contribution in [3.05, 3.63) is 35.3 Å². The Morgan fingerprint density at radius 3 is 2.47 bits per heavy atom. The van der Waals surface area contributed by atoms with Crippen LogP contribution >= 0.6 is 11.3 Å². The van der Waals surface area contributed by atoms with E-state index in [9.17, 15) is 8.42 Å². The number of aromatic nitrogens is 1. The molecule has 0 aliphatic rings. The van der Waals surface area contributed by atoms with Crippen molar-refractivity contribution in [3.63, 3.8) is 0 Å². The fraction of sp³-hybridized carbons (Fsp3) is 0.250. The molecule has 2 aromatic rings. The average molecular weight is 297 g/mol. The molecule has 2 N–H and O–H groups in total. The van der Waals surface area contributed by atoms with Crippen molar-refractivity contribution in [3.8, 4) is 0 Å². The van der Waals surface area contributed by atoms with Gasteiger partial charge in [0.25, 0.3) is 10.0 Å². The molecule has 0 fully saturated rings. The molecule has 0 spiro atoms. The van der Waals surface area contributed by atoms with Crippen LogP contribution in [0.5, 0.6) is 0 Å². The van der Waals surface area contributed by atoms with E-state index < -0.39 is 10.0 Å². The lowest BCUT2D eigenvalue weighted by atomic mass is 10.3. The molecule has 7 heteroatoms. The zero-order valence-electron chi connectivity index (χ0n) is 10.7. The van der Waals surface area contributed by atoms with Crippen molar-refractivity contribution in [2.75, 3.05) is 16.6 Å². The first-order valence-corrected chi connectivity index (χ1v) is 8.10. The molecule has 2 rings (SSSR count). The highest BCUT2D eigenvalue weighted by Crippen LogP contribution is 2.21. The van der Waals surface area contributed by atoms with Crippen molar-refractivity contribution in [2.45, 2.75) is 18.7 Å². The summed E-state index contributed by atoms with van der Waals surface area (Å²) in [4.78, 5) is 5.17. The Balaban J connectivity index is 2.19. The van der Waals surface area contributed by atoms with Crippen LogP contribution in [0.1, 0.15) is 11.8 Å². The molecule has 0 atom stereocenters. The van der Waals surface area contributed by atoms with Gasteiger partial charge in [-0.15, -0.1) is 11.3 Å². The van der Waals surface area contributed by atoms with Gasteiger partial charge in [0, 0.05) is 23.3 Å². The number of sulfonamides is 1.